The van der Waals surface area contributed by atoms with Crippen LogP contribution in [0.3, 0.4) is 0 Å². The van der Waals surface area contributed by atoms with E-state index in [9.17, 15) is 19.5 Å². The predicted octanol–water partition coefficient (Wildman–Crippen LogP) is 4.28. The molecule has 0 saturated heterocycles. The molecule has 6 heteroatoms. The van der Waals surface area contributed by atoms with Crippen LogP contribution in [0.2, 0.25) is 0 Å². The number of amides is 1. The Morgan fingerprint density at radius 1 is 0.759 bits per heavy atom. The van der Waals surface area contributed by atoms with E-state index in [0.29, 0.717) is 16.5 Å². The lowest BCUT2D eigenvalue weighted by atomic mass is 10.1. The average molecular weight is 384 g/mol. The molecule has 1 aromatic heterocycles. The third kappa shape index (κ3) is 3.39. The highest BCUT2D eigenvalue weighted by Crippen LogP contribution is 2.24. The maximum Gasteiger partial charge on any atom is 0.337 e. The molecule has 0 aliphatic rings. The Morgan fingerprint density at radius 3 is 2.17 bits per heavy atom. The van der Waals surface area contributed by atoms with Crippen LogP contribution in [0, 0.1) is 0 Å². The summed E-state index contributed by atoms with van der Waals surface area (Å²) in [5.74, 6) is -1.89. The van der Waals surface area contributed by atoms with E-state index >= 15 is 0 Å². The summed E-state index contributed by atoms with van der Waals surface area (Å²) >= 11 is 0. The van der Waals surface area contributed by atoms with Crippen molar-refractivity contribution in [3.05, 3.63) is 102 Å². The molecule has 1 amide bonds. The van der Waals surface area contributed by atoms with Crippen molar-refractivity contribution in [3.63, 3.8) is 0 Å². The van der Waals surface area contributed by atoms with Crippen molar-refractivity contribution in [2.75, 3.05) is 5.32 Å². The number of hydrogen-bond donors (Lipinski definition) is 2. The number of aromatic nitrogens is 1. The van der Waals surface area contributed by atoms with E-state index in [1.54, 1.807) is 60.7 Å². The molecule has 0 atom stereocenters. The molecule has 0 aliphatic carbocycles. The minimum Gasteiger partial charge on any atom is -0.478 e. The predicted molar refractivity (Wildman–Crippen MR) is 109 cm³/mol. The minimum absolute atomic E-state index is 0.00931. The molecule has 0 fully saturated rings. The van der Waals surface area contributed by atoms with Crippen molar-refractivity contribution in [1.29, 1.82) is 0 Å². The molecule has 2 N–H and O–H groups in total. The summed E-state index contributed by atoms with van der Waals surface area (Å²) in [5, 5.41) is 12.6. The lowest BCUT2D eigenvalue weighted by Gasteiger charge is -2.07. The zero-order valence-corrected chi connectivity index (χ0v) is 15.2. The number of aromatic carboxylic acids is 1. The number of rotatable bonds is 4. The monoisotopic (exact) mass is 384 g/mol. The molecule has 4 aromatic rings. The Balaban J connectivity index is 1.76. The highest BCUT2D eigenvalue weighted by molar-refractivity contribution is 6.16. The van der Waals surface area contributed by atoms with Gasteiger partial charge in [-0.1, -0.05) is 48.5 Å². The fourth-order valence-electron chi connectivity index (χ4n) is 3.22. The molecule has 0 aliphatic heterocycles. The molecule has 0 bridgehead atoms. The highest BCUT2D eigenvalue weighted by Gasteiger charge is 2.20. The SMILES string of the molecule is O=C(O)c1ccccc1NC(=O)c1cn(C(=O)c2ccccc2)c2ccccc12. The molecular formula is C23H16N2O4. The lowest BCUT2D eigenvalue weighted by Crippen LogP contribution is -2.15. The van der Waals surface area contributed by atoms with Gasteiger partial charge in [-0.25, -0.2) is 4.79 Å². The number of para-hydroxylation sites is 2. The zero-order valence-electron chi connectivity index (χ0n) is 15.2. The van der Waals surface area contributed by atoms with Crippen LogP contribution < -0.4 is 5.32 Å². The molecular weight excluding hydrogens is 368 g/mol. The molecule has 0 spiro atoms. The van der Waals surface area contributed by atoms with Gasteiger partial charge in [-0.3, -0.25) is 14.2 Å². The van der Waals surface area contributed by atoms with E-state index in [0.717, 1.165) is 0 Å². The standard InChI is InChI=1S/C23H16N2O4/c26-21(24-19-12-6-4-11-17(19)23(28)29)18-14-25(20-13-7-5-10-16(18)20)22(27)15-8-2-1-3-9-15/h1-14H,(H,24,26)(H,28,29). The van der Waals surface area contributed by atoms with Gasteiger partial charge in [-0.05, 0) is 30.3 Å². The summed E-state index contributed by atoms with van der Waals surface area (Å²) in [6.07, 6.45) is 1.48. The number of hydrogen-bond acceptors (Lipinski definition) is 3. The number of carbonyl (C=O) groups is 3. The van der Waals surface area contributed by atoms with Crippen molar-refractivity contribution in [1.82, 2.24) is 4.57 Å². The van der Waals surface area contributed by atoms with Gasteiger partial charge in [0.1, 0.15) is 0 Å². The summed E-state index contributed by atoms with van der Waals surface area (Å²) in [6.45, 7) is 0. The van der Waals surface area contributed by atoms with Crippen molar-refractivity contribution >= 4 is 34.4 Å². The van der Waals surface area contributed by atoms with Crippen LogP contribution in [-0.2, 0) is 0 Å². The Kier molecular flexibility index (Phi) is 4.66. The minimum atomic E-state index is -1.14. The third-order valence-electron chi connectivity index (χ3n) is 4.60. The summed E-state index contributed by atoms with van der Waals surface area (Å²) in [6, 6.07) is 22.0. The molecule has 29 heavy (non-hydrogen) atoms. The van der Waals surface area contributed by atoms with Crippen molar-refractivity contribution in [3.8, 4) is 0 Å². The number of nitrogens with zero attached hydrogens (tertiary/aromatic N) is 1. The maximum absolute atomic E-state index is 13.0. The van der Waals surface area contributed by atoms with Gasteiger partial charge in [0.05, 0.1) is 22.3 Å². The Hall–Kier alpha value is -4.19. The highest BCUT2D eigenvalue weighted by atomic mass is 16.4. The van der Waals surface area contributed by atoms with E-state index < -0.39 is 11.9 Å². The van der Waals surface area contributed by atoms with Crippen LogP contribution in [0.1, 0.15) is 31.1 Å². The van der Waals surface area contributed by atoms with Crippen LogP contribution in [0.25, 0.3) is 10.9 Å². The number of carboxylic acids is 1. The normalized spacial score (nSPS) is 10.6. The number of anilines is 1. The number of carboxylic acid groups (broad SMARTS) is 1. The topological polar surface area (TPSA) is 88.4 Å². The number of fused-ring (bicyclic) bond motifs is 1. The lowest BCUT2D eigenvalue weighted by molar-refractivity contribution is 0.0697. The second-order valence-corrected chi connectivity index (χ2v) is 6.41. The molecule has 1 heterocycles. The van der Waals surface area contributed by atoms with Gasteiger partial charge in [0.15, 0.2) is 0 Å². The quantitative estimate of drug-likeness (QED) is 0.550. The van der Waals surface area contributed by atoms with Gasteiger partial charge < -0.3 is 10.4 Å². The van der Waals surface area contributed by atoms with Crippen LogP contribution in [-0.4, -0.2) is 27.5 Å². The summed E-state index contributed by atoms with van der Waals surface area (Å²) < 4.78 is 1.43. The van der Waals surface area contributed by atoms with E-state index in [2.05, 4.69) is 5.32 Å². The molecule has 0 saturated carbocycles. The Morgan fingerprint density at radius 2 is 1.41 bits per heavy atom. The third-order valence-corrected chi connectivity index (χ3v) is 4.60. The molecule has 0 radical (unpaired) electrons. The van der Waals surface area contributed by atoms with Crippen LogP contribution in [0.5, 0.6) is 0 Å². The largest absolute Gasteiger partial charge is 0.478 e. The van der Waals surface area contributed by atoms with Crippen molar-refractivity contribution in [2.24, 2.45) is 0 Å². The first kappa shape index (κ1) is 18.2. The first-order valence-electron chi connectivity index (χ1n) is 8.90. The Labute approximate surface area is 166 Å². The van der Waals surface area contributed by atoms with E-state index in [-0.39, 0.29) is 22.7 Å². The summed E-state index contributed by atoms with van der Waals surface area (Å²) in [4.78, 5) is 37.3. The fraction of sp³-hybridized carbons (Fsp3) is 0. The van der Waals surface area contributed by atoms with Gasteiger partial charge >= 0.3 is 5.97 Å². The number of benzene rings is 3. The molecule has 6 nitrogen and oxygen atoms in total. The van der Waals surface area contributed by atoms with E-state index in [1.807, 2.05) is 6.07 Å². The Bertz CT molecular complexity index is 1240. The van der Waals surface area contributed by atoms with Gasteiger partial charge in [0, 0.05) is 17.1 Å². The van der Waals surface area contributed by atoms with Crippen LogP contribution >= 0.6 is 0 Å². The number of carbonyl (C=O) groups excluding carboxylic acids is 2. The fourth-order valence-corrected chi connectivity index (χ4v) is 3.22. The van der Waals surface area contributed by atoms with Gasteiger partial charge in [-0.2, -0.15) is 0 Å². The smallest absolute Gasteiger partial charge is 0.337 e. The van der Waals surface area contributed by atoms with Crippen LogP contribution in [0.15, 0.2) is 85.1 Å². The number of nitrogens with one attached hydrogen (secondary N) is 1. The summed E-state index contributed by atoms with van der Waals surface area (Å²) in [7, 11) is 0. The van der Waals surface area contributed by atoms with E-state index in [1.165, 1.54) is 22.9 Å². The van der Waals surface area contributed by atoms with Crippen molar-refractivity contribution in [2.45, 2.75) is 0 Å². The second-order valence-electron chi connectivity index (χ2n) is 6.41. The van der Waals surface area contributed by atoms with Gasteiger partial charge in [0.25, 0.3) is 11.8 Å². The van der Waals surface area contributed by atoms with Gasteiger partial charge in [0.2, 0.25) is 0 Å². The van der Waals surface area contributed by atoms with Crippen LogP contribution in [0.4, 0.5) is 5.69 Å². The van der Waals surface area contributed by atoms with E-state index in [4.69, 9.17) is 0 Å². The first-order chi connectivity index (χ1) is 14.1. The van der Waals surface area contributed by atoms with Gasteiger partial charge in [-0.15, -0.1) is 0 Å². The molecule has 3 aromatic carbocycles. The first-order valence-corrected chi connectivity index (χ1v) is 8.90. The molecule has 0 unspecified atom stereocenters. The molecule has 142 valence electrons. The molecule has 4 rings (SSSR count). The van der Waals surface area contributed by atoms with Crippen molar-refractivity contribution < 1.29 is 19.5 Å². The second kappa shape index (κ2) is 7.44. The average Bonchev–Trinajstić information content (AvgIpc) is 3.14. The summed E-state index contributed by atoms with van der Waals surface area (Å²) in [5.41, 5.74) is 1.56. The maximum atomic E-state index is 13.0. The zero-order chi connectivity index (χ0) is 20.4.